The van der Waals surface area contributed by atoms with Crippen molar-refractivity contribution in [1.29, 1.82) is 0 Å². The molecule has 2 N–H and O–H groups in total. The van der Waals surface area contributed by atoms with Gasteiger partial charge in [-0.2, -0.15) is 9.61 Å². The van der Waals surface area contributed by atoms with Crippen molar-refractivity contribution in [2.24, 2.45) is 5.92 Å². The first-order valence-corrected chi connectivity index (χ1v) is 8.96. The van der Waals surface area contributed by atoms with Crippen LogP contribution in [0.15, 0.2) is 30.5 Å². The Morgan fingerprint density at radius 3 is 2.74 bits per heavy atom. The molecule has 0 unspecified atom stereocenters. The molecular formula is C19H20ClFN4O2. The molecule has 3 aromatic rings. The SMILES string of the molecule is CC(C)[C@H](C)Nc1c(Cc2cccc(F)c2)c(Cl)nc2c(C(=O)O)cnn12. The summed E-state index contributed by atoms with van der Waals surface area (Å²) < 4.78 is 15.0. The van der Waals surface area contributed by atoms with Crippen LogP contribution in [-0.4, -0.2) is 31.7 Å². The number of hydrogen-bond acceptors (Lipinski definition) is 4. The third-order valence-electron chi connectivity index (χ3n) is 4.56. The number of hydrogen-bond donors (Lipinski definition) is 2. The predicted molar refractivity (Wildman–Crippen MR) is 102 cm³/mol. The molecule has 0 amide bonds. The van der Waals surface area contributed by atoms with Gasteiger partial charge in [-0.3, -0.25) is 0 Å². The lowest BCUT2D eigenvalue weighted by Crippen LogP contribution is -2.24. The fraction of sp³-hybridized carbons (Fsp3) is 0.316. The highest BCUT2D eigenvalue weighted by Crippen LogP contribution is 2.29. The van der Waals surface area contributed by atoms with E-state index in [4.69, 9.17) is 11.6 Å². The fourth-order valence-corrected chi connectivity index (χ4v) is 2.92. The maximum absolute atomic E-state index is 13.6. The Morgan fingerprint density at radius 2 is 2.11 bits per heavy atom. The van der Waals surface area contributed by atoms with Crippen LogP contribution in [0.2, 0.25) is 5.15 Å². The Bertz CT molecular complexity index is 1000. The maximum atomic E-state index is 13.6. The Balaban J connectivity index is 2.18. The zero-order valence-corrected chi connectivity index (χ0v) is 16.0. The van der Waals surface area contributed by atoms with E-state index in [1.54, 1.807) is 12.1 Å². The van der Waals surface area contributed by atoms with E-state index in [1.807, 2.05) is 6.92 Å². The highest BCUT2D eigenvalue weighted by atomic mass is 35.5. The van der Waals surface area contributed by atoms with Crippen molar-refractivity contribution in [3.8, 4) is 0 Å². The summed E-state index contributed by atoms with van der Waals surface area (Å²) in [6.07, 6.45) is 1.58. The minimum Gasteiger partial charge on any atom is -0.477 e. The normalized spacial score (nSPS) is 12.5. The van der Waals surface area contributed by atoms with Crippen LogP contribution < -0.4 is 5.32 Å². The van der Waals surface area contributed by atoms with Crippen LogP contribution in [0.25, 0.3) is 5.65 Å². The van der Waals surface area contributed by atoms with Gasteiger partial charge in [-0.05, 0) is 30.5 Å². The van der Waals surface area contributed by atoms with Gasteiger partial charge in [-0.1, -0.05) is 37.6 Å². The average Bonchev–Trinajstić information content (AvgIpc) is 3.01. The minimum atomic E-state index is -1.13. The van der Waals surface area contributed by atoms with Gasteiger partial charge in [-0.15, -0.1) is 0 Å². The lowest BCUT2D eigenvalue weighted by molar-refractivity contribution is 0.0698. The Labute approximate surface area is 161 Å². The van der Waals surface area contributed by atoms with E-state index in [2.05, 4.69) is 29.2 Å². The van der Waals surface area contributed by atoms with Crippen molar-refractivity contribution < 1.29 is 14.3 Å². The van der Waals surface area contributed by atoms with Gasteiger partial charge in [0.15, 0.2) is 5.65 Å². The molecule has 0 radical (unpaired) electrons. The first kappa shape index (κ1) is 19.1. The number of anilines is 1. The molecule has 27 heavy (non-hydrogen) atoms. The minimum absolute atomic E-state index is 0.0329. The van der Waals surface area contributed by atoms with Gasteiger partial charge < -0.3 is 10.4 Å². The van der Waals surface area contributed by atoms with E-state index in [0.29, 0.717) is 23.7 Å². The Hall–Kier alpha value is -2.67. The molecule has 1 atom stereocenters. The number of rotatable bonds is 6. The van der Waals surface area contributed by atoms with Crippen LogP contribution in [0, 0.1) is 11.7 Å². The van der Waals surface area contributed by atoms with Gasteiger partial charge in [0, 0.05) is 18.0 Å². The number of aromatic carboxylic acids is 1. The third-order valence-corrected chi connectivity index (χ3v) is 4.87. The van der Waals surface area contributed by atoms with E-state index >= 15 is 0 Å². The van der Waals surface area contributed by atoms with E-state index in [-0.39, 0.29) is 28.2 Å². The van der Waals surface area contributed by atoms with Crippen molar-refractivity contribution in [2.45, 2.75) is 33.2 Å². The summed E-state index contributed by atoms with van der Waals surface area (Å²) in [6, 6.07) is 6.30. The van der Waals surface area contributed by atoms with Crippen LogP contribution in [0.1, 0.15) is 42.3 Å². The smallest absolute Gasteiger partial charge is 0.341 e. The molecule has 8 heteroatoms. The van der Waals surface area contributed by atoms with E-state index < -0.39 is 5.97 Å². The summed E-state index contributed by atoms with van der Waals surface area (Å²) in [6.45, 7) is 6.14. The van der Waals surface area contributed by atoms with Crippen molar-refractivity contribution in [3.63, 3.8) is 0 Å². The summed E-state index contributed by atoms with van der Waals surface area (Å²) in [4.78, 5) is 15.7. The number of benzene rings is 1. The fourth-order valence-electron chi connectivity index (χ4n) is 2.69. The number of carbonyl (C=O) groups is 1. The summed E-state index contributed by atoms with van der Waals surface area (Å²) in [5.41, 5.74) is 1.48. The highest BCUT2D eigenvalue weighted by molar-refractivity contribution is 6.30. The molecule has 0 saturated heterocycles. The van der Waals surface area contributed by atoms with Crippen LogP contribution in [0.5, 0.6) is 0 Å². The molecule has 3 rings (SSSR count). The molecule has 6 nitrogen and oxygen atoms in total. The molecule has 142 valence electrons. The highest BCUT2D eigenvalue weighted by Gasteiger charge is 2.22. The van der Waals surface area contributed by atoms with E-state index in [9.17, 15) is 14.3 Å². The van der Waals surface area contributed by atoms with E-state index in [0.717, 1.165) is 5.56 Å². The number of fused-ring (bicyclic) bond motifs is 1. The number of nitrogens with one attached hydrogen (secondary N) is 1. The first-order chi connectivity index (χ1) is 12.8. The number of carboxylic acid groups (broad SMARTS) is 1. The van der Waals surface area contributed by atoms with Crippen molar-refractivity contribution in [1.82, 2.24) is 14.6 Å². The molecule has 0 aliphatic rings. The molecule has 0 bridgehead atoms. The van der Waals surface area contributed by atoms with Gasteiger partial charge >= 0.3 is 5.97 Å². The maximum Gasteiger partial charge on any atom is 0.341 e. The number of carboxylic acids is 1. The second-order valence-corrected chi connectivity index (χ2v) is 7.17. The van der Waals surface area contributed by atoms with Crippen LogP contribution in [0.3, 0.4) is 0 Å². The van der Waals surface area contributed by atoms with Gasteiger partial charge in [0.1, 0.15) is 22.4 Å². The molecule has 0 spiro atoms. The quantitative estimate of drug-likeness (QED) is 0.614. The largest absolute Gasteiger partial charge is 0.477 e. The van der Waals surface area contributed by atoms with Crippen molar-refractivity contribution in [3.05, 3.63) is 58.1 Å². The molecular weight excluding hydrogens is 371 g/mol. The predicted octanol–water partition coefficient (Wildman–Crippen LogP) is 4.27. The van der Waals surface area contributed by atoms with Crippen molar-refractivity contribution >= 4 is 29.0 Å². The Kier molecular flexibility index (Phi) is 5.32. The molecule has 0 fully saturated rings. The van der Waals surface area contributed by atoms with Gasteiger partial charge in [0.25, 0.3) is 0 Å². The monoisotopic (exact) mass is 390 g/mol. The standard InChI is InChI=1S/C19H20ClFN4O2/c1-10(2)11(3)23-17-14(8-12-5-4-6-13(21)7-12)16(20)24-18-15(19(26)27)9-22-25(17)18/h4-7,9-11,23H,8H2,1-3H3,(H,26,27)/t11-/m0/s1. The van der Waals surface area contributed by atoms with Crippen LogP contribution >= 0.6 is 11.6 Å². The van der Waals surface area contributed by atoms with Gasteiger partial charge in [-0.25, -0.2) is 14.2 Å². The van der Waals surface area contributed by atoms with Gasteiger partial charge in [0.2, 0.25) is 0 Å². The lowest BCUT2D eigenvalue weighted by Gasteiger charge is -2.22. The number of nitrogens with zero attached hydrogens (tertiary/aromatic N) is 3. The Morgan fingerprint density at radius 1 is 1.37 bits per heavy atom. The van der Waals surface area contributed by atoms with Gasteiger partial charge in [0.05, 0.1) is 6.20 Å². The summed E-state index contributed by atoms with van der Waals surface area (Å²) in [5, 5.41) is 17.1. The topological polar surface area (TPSA) is 79.5 Å². The number of halogens is 2. The first-order valence-electron chi connectivity index (χ1n) is 8.58. The third kappa shape index (κ3) is 3.88. The molecule has 0 saturated carbocycles. The number of aromatic nitrogens is 3. The summed E-state index contributed by atoms with van der Waals surface area (Å²) in [5.74, 6) is -0.601. The van der Waals surface area contributed by atoms with Crippen LogP contribution in [0.4, 0.5) is 10.2 Å². The molecule has 0 aliphatic heterocycles. The molecule has 2 heterocycles. The second kappa shape index (κ2) is 7.52. The summed E-state index contributed by atoms with van der Waals surface area (Å²) in [7, 11) is 0. The molecule has 2 aromatic heterocycles. The van der Waals surface area contributed by atoms with Crippen LogP contribution in [-0.2, 0) is 6.42 Å². The zero-order chi connectivity index (χ0) is 19.7. The summed E-state index contributed by atoms with van der Waals surface area (Å²) >= 11 is 6.42. The lowest BCUT2D eigenvalue weighted by atomic mass is 10.0. The molecule has 0 aliphatic carbocycles. The van der Waals surface area contributed by atoms with E-state index in [1.165, 1.54) is 22.8 Å². The average molecular weight is 391 g/mol. The zero-order valence-electron chi connectivity index (χ0n) is 15.2. The molecule has 1 aromatic carbocycles. The second-order valence-electron chi connectivity index (χ2n) is 6.81. The van der Waals surface area contributed by atoms with Crippen molar-refractivity contribution in [2.75, 3.05) is 5.32 Å².